The Balaban J connectivity index is 2.64. The van der Waals surface area contributed by atoms with E-state index < -0.39 is 0 Å². The molecule has 1 aromatic carbocycles. The molecule has 0 spiro atoms. The second-order valence-corrected chi connectivity index (χ2v) is 2.94. The predicted octanol–water partition coefficient (Wildman–Crippen LogP) is 2.29. The Morgan fingerprint density at radius 1 is 1.15 bits per heavy atom. The zero-order chi connectivity index (χ0) is 8.67. The summed E-state index contributed by atoms with van der Waals surface area (Å²) in [6, 6.07) is 15.0. The van der Waals surface area contributed by atoms with Crippen molar-refractivity contribution in [2.45, 2.75) is 0 Å². The SMILES string of the molecule is [c]1cccc2nc3ccccn3c12. The van der Waals surface area contributed by atoms with Gasteiger partial charge in [-0.25, -0.2) is 4.98 Å². The molecule has 13 heavy (non-hydrogen) atoms. The van der Waals surface area contributed by atoms with Crippen LogP contribution in [0.3, 0.4) is 0 Å². The Kier molecular flexibility index (Phi) is 1.19. The van der Waals surface area contributed by atoms with E-state index in [1.807, 2.05) is 47.0 Å². The van der Waals surface area contributed by atoms with Crippen molar-refractivity contribution in [3.8, 4) is 0 Å². The monoisotopic (exact) mass is 167 g/mol. The summed E-state index contributed by atoms with van der Waals surface area (Å²) in [5.74, 6) is 0. The number of pyridine rings is 1. The Labute approximate surface area is 75.5 Å². The van der Waals surface area contributed by atoms with E-state index in [1.165, 1.54) is 0 Å². The van der Waals surface area contributed by atoms with Gasteiger partial charge < -0.3 is 0 Å². The van der Waals surface area contributed by atoms with Crippen LogP contribution in [0.15, 0.2) is 42.6 Å². The van der Waals surface area contributed by atoms with Gasteiger partial charge in [0, 0.05) is 12.3 Å². The molecular weight excluding hydrogens is 160 g/mol. The molecule has 0 unspecified atom stereocenters. The van der Waals surface area contributed by atoms with Crippen molar-refractivity contribution < 1.29 is 0 Å². The minimum Gasteiger partial charge on any atom is -0.299 e. The first-order valence-electron chi connectivity index (χ1n) is 4.19. The molecule has 2 nitrogen and oxygen atoms in total. The zero-order valence-electron chi connectivity index (χ0n) is 6.94. The minimum atomic E-state index is 0.972. The number of hydrogen-bond acceptors (Lipinski definition) is 1. The molecule has 0 aliphatic carbocycles. The van der Waals surface area contributed by atoms with E-state index >= 15 is 0 Å². The van der Waals surface area contributed by atoms with E-state index in [9.17, 15) is 0 Å². The van der Waals surface area contributed by atoms with E-state index in [0.29, 0.717) is 0 Å². The van der Waals surface area contributed by atoms with Crippen LogP contribution in [0.4, 0.5) is 0 Å². The summed E-state index contributed by atoms with van der Waals surface area (Å²) in [6.07, 6.45) is 2.00. The normalized spacial score (nSPS) is 11.1. The van der Waals surface area contributed by atoms with Crippen LogP contribution in [-0.2, 0) is 0 Å². The molecule has 0 aliphatic rings. The number of benzene rings is 1. The van der Waals surface area contributed by atoms with E-state index in [-0.39, 0.29) is 0 Å². The first-order chi connectivity index (χ1) is 6.45. The van der Waals surface area contributed by atoms with Gasteiger partial charge in [-0.2, -0.15) is 0 Å². The molecule has 0 amide bonds. The van der Waals surface area contributed by atoms with Crippen LogP contribution in [0.1, 0.15) is 0 Å². The maximum atomic E-state index is 4.45. The van der Waals surface area contributed by atoms with Gasteiger partial charge in [0.1, 0.15) is 5.65 Å². The Hall–Kier alpha value is -1.83. The van der Waals surface area contributed by atoms with Gasteiger partial charge in [0.25, 0.3) is 0 Å². The number of rotatable bonds is 0. The fourth-order valence-electron chi connectivity index (χ4n) is 1.54. The molecule has 0 fully saturated rings. The molecule has 0 bridgehead atoms. The Morgan fingerprint density at radius 3 is 3.15 bits per heavy atom. The van der Waals surface area contributed by atoms with Gasteiger partial charge in [0.15, 0.2) is 0 Å². The highest BCUT2D eigenvalue weighted by Crippen LogP contribution is 2.14. The number of hydrogen-bond donors (Lipinski definition) is 0. The largest absolute Gasteiger partial charge is 0.299 e. The summed E-state index contributed by atoms with van der Waals surface area (Å²) in [5.41, 5.74) is 3.01. The van der Waals surface area contributed by atoms with Crippen LogP contribution < -0.4 is 0 Å². The summed E-state index contributed by atoms with van der Waals surface area (Å²) in [5, 5.41) is 0. The van der Waals surface area contributed by atoms with Crippen molar-refractivity contribution in [3.05, 3.63) is 48.7 Å². The minimum absolute atomic E-state index is 0.972. The maximum Gasteiger partial charge on any atom is 0.137 e. The van der Waals surface area contributed by atoms with Gasteiger partial charge >= 0.3 is 0 Å². The molecule has 0 saturated heterocycles. The third-order valence-electron chi connectivity index (χ3n) is 2.13. The number of nitrogens with zero attached hydrogens (tertiary/aromatic N) is 2. The van der Waals surface area contributed by atoms with Gasteiger partial charge in [0.05, 0.1) is 11.0 Å². The second-order valence-electron chi connectivity index (χ2n) is 2.94. The fourth-order valence-corrected chi connectivity index (χ4v) is 1.54. The predicted molar refractivity (Wildman–Crippen MR) is 51.5 cm³/mol. The second kappa shape index (κ2) is 2.33. The van der Waals surface area contributed by atoms with E-state index in [4.69, 9.17) is 0 Å². The van der Waals surface area contributed by atoms with E-state index in [1.54, 1.807) is 0 Å². The fraction of sp³-hybridized carbons (Fsp3) is 0. The molecule has 2 aromatic heterocycles. The number of imidazole rings is 1. The maximum absolute atomic E-state index is 4.45. The molecule has 1 radical (unpaired) electrons. The number of fused-ring (bicyclic) bond motifs is 3. The molecule has 3 aromatic rings. The molecule has 3 rings (SSSR count). The van der Waals surface area contributed by atoms with Crippen molar-refractivity contribution in [2.75, 3.05) is 0 Å². The average molecular weight is 167 g/mol. The highest BCUT2D eigenvalue weighted by atomic mass is 15.0. The molecule has 0 atom stereocenters. The molecule has 61 valence electrons. The van der Waals surface area contributed by atoms with Crippen LogP contribution >= 0.6 is 0 Å². The topological polar surface area (TPSA) is 17.3 Å². The lowest BCUT2D eigenvalue weighted by Crippen LogP contribution is -1.80. The Bertz CT molecular complexity index is 516. The van der Waals surface area contributed by atoms with Gasteiger partial charge in [-0.05, 0) is 18.2 Å². The summed E-state index contributed by atoms with van der Waals surface area (Å²) >= 11 is 0. The smallest absolute Gasteiger partial charge is 0.137 e. The van der Waals surface area contributed by atoms with Crippen molar-refractivity contribution in [3.63, 3.8) is 0 Å². The molecule has 2 heteroatoms. The van der Waals surface area contributed by atoms with Crippen molar-refractivity contribution in [1.82, 2.24) is 9.38 Å². The van der Waals surface area contributed by atoms with Crippen LogP contribution in [0.2, 0.25) is 0 Å². The summed E-state index contributed by atoms with van der Waals surface area (Å²) < 4.78 is 2.04. The lowest BCUT2D eigenvalue weighted by Gasteiger charge is -1.91. The lowest BCUT2D eigenvalue weighted by atomic mass is 10.3. The van der Waals surface area contributed by atoms with E-state index in [2.05, 4.69) is 11.1 Å². The van der Waals surface area contributed by atoms with Gasteiger partial charge in [-0.15, -0.1) is 0 Å². The van der Waals surface area contributed by atoms with Crippen LogP contribution in [0.25, 0.3) is 16.7 Å². The zero-order valence-corrected chi connectivity index (χ0v) is 6.94. The van der Waals surface area contributed by atoms with Gasteiger partial charge in [0.2, 0.25) is 0 Å². The number of para-hydroxylation sites is 1. The van der Waals surface area contributed by atoms with Crippen LogP contribution in [0, 0.1) is 6.07 Å². The third-order valence-corrected chi connectivity index (χ3v) is 2.13. The van der Waals surface area contributed by atoms with Gasteiger partial charge in [-0.1, -0.05) is 18.2 Å². The molecule has 0 aliphatic heterocycles. The third kappa shape index (κ3) is 0.855. The standard InChI is InChI=1S/C11H7N2/c1-2-6-10-9(5-1)12-11-7-3-4-8-13(10)11/h1-5,7-8H. The number of aromatic nitrogens is 2. The first-order valence-corrected chi connectivity index (χ1v) is 4.19. The van der Waals surface area contributed by atoms with Crippen molar-refractivity contribution in [2.24, 2.45) is 0 Å². The highest BCUT2D eigenvalue weighted by Gasteiger charge is 2.00. The van der Waals surface area contributed by atoms with Crippen molar-refractivity contribution in [1.29, 1.82) is 0 Å². The highest BCUT2D eigenvalue weighted by molar-refractivity contribution is 5.79. The summed E-state index contributed by atoms with van der Waals surface area (Å²) in [4.78, 5) is 4.45. The van der Waals surface area contributed by atoms with Crippen molar-refractivity contribution >= 4 is 16.7 Å². The van der Waals surface area contributed by atoms with Crippen LogP contribution in [0.5, 0.6) is 0 Å². The first kappa shape index (κ1) is 6.66. The lowest BCUT2D eigenvalue weighted by molar-refractivity contribution is 1.23. The Morgan fingerprint density at radius 2 is 2.15 bits per heavy atom. The van der Waals surface area contributed by atoms with E-state index in [0.717, 1.165) is 16.7 Å². The molecular formula is C11H7N2. The average Bonchev–Trinajstić information content (AvgIpc) is 2.56. The van der Waals surface area contributed by atoms with Gasteiger partial charge in [-0.3, -0.25) is 4.40 Å². The molecule has 0 N–H and O–H groups in total. The quantitative estimate of drug-likeness (QED) is 0.502. The molecule has 0 saturated carbocycles. The summed E-state index contributed by atoms with van der Waals surface area (Å²) in [6.45, 7) is 0. The summed E-state index contributed by atoms with van der Waals surface area (Å²) in [7, 11) is 0. The molecule has 2 heterocycles. The van der Waals surface area contributed by atoms with Crippen LogP contribution in [-0.4, -0.2) is 9.38 Å².